The van der Waals surface area contributed by atoms with Crippen LogP contribution in [0.4, 0.5) is 13.2 Å². The van der Waals surface area contributed by atoms with Gasteiger partial charge in [-0.2, -0.15) is 13.2 Å². The highest BCUT2D eigenvalue weighted by Crippen LogP contribution is 2.36. The Morgan fingerprint density at radius 2 is 1.90 bits per heavy atom. The molecule has 39 heavy (non-hydrogen) atoms. The van der Waals surface area contributed by atoms with Gasteiger partial charge in [-0.1, -0.05) is 12.1 Å². The molecule has 0 saturated carbocycles. The second-order valence-corrected chi connectivity index (χ2v) is 11.4. The Balaban J connectivity index is 1.50. The van der Waals surface area contributed by atoms with Crippen molar-refractivity contribution < 1.29 is 27.4 Å². The van der Waals surface area contributed by atoms with E-state index in [9.17, 15) is 18.0 Å². The average molecular weight is 580 g/mol. The number of rotatable bonds is 10. The summed E-state index contributed by atoms with van der Waals surface area (Å²) in [4.78, 5) is 21.3. The largest absolute Gasteiger partial charge is 0.479 e. The molecule has 0 bridgehead atoms. The maximum Gasteiger partial charge on any atom is 0.416 e. The summed E-state index contributed by atoms with van der Waals surface area (Å²) in [7, 11) is 0. The van der Waals surface area contributed by atoms with Crippen molar-refractivity contribution >= 4 is 29.1 Å². The molecule has 4 rings (SSSR count). The fourth-order valence-corrected chi connectivity index (χ4v) is 6.29. The Morgan fingerprint density at radius 1 is 1.18 bits per heavy atom. The number of alkyl halides is 3. The molecule has 11 heteroatoms. The first-order valence-corrected chi connectivity index (χ1v) is 14.6. The van der Waals surface area contributed by atoms with Gasteiger partial charge in [-0.15, -0.1) is 23.1 Å². The monoisotopic (exact) mass is 579 g/mol. The number of nitrogens with one attached hydrogen (secondary N) is 1. The number of thiazole rings is 1. The first kappa shape index (κ1) is 29.4. The quantitative estimate of drug-likeness (QED) is 0.228. The van der Waals surface area contributed by atoms with Gasteiger partial charge in [-0.3, -0.25) is 4.90 Å². The van der Waals surface area contributed by atoms with Gasteiger partial charge in [-0.05, 0) is 56.7 Å². The number of benzene rings is 2. The van der Waals surface area contributed by atoms with E-state index in [2.05, 4.69) is 10.2 Å². The predicted octanol–water partition coefficient (Wildman–Crippen LogP) is 6.17. The van der Waals surface area contributed by atoms with Crippen molar-refractivity contribution in [2.45, 2.75) is 50.2 Å². The summed E-state index contributed by atoms with van der Waals surface area (Å²) < 4.78 is 49.9. The van der Waals surface area contributed by atoms with Gasteiger partial charge in [0.25, 0.3) is 0 Å². The summed E-state index contributed by atoms with van der Waals surface area (Å²) in [6.07, 6.45) is -5.07. The number of ether oxygens (including phenoxy) is 2. The zero-order valence-corrected chi connectivity index (χ0v) is 23.8. The van der Waals surface area contributed by atoms with Crippen molar-refractivity contribution in [3.05, 3.63) is 64.2 Å². The van der Waals surface area contributed by atoms with E-state index < -0.39 is 23.8 Å². The van der Waals surface area contributed by atoms with Crippen LogP contribution in [0.1, 0.15) is 35.5 Å². The number of nitrogens with zero attached hydrogens (tertiary/aromatic N) is 2. The molecule has 1 unspecified atom stereocenters. The van der Waals surface area contributed by atoms with Crippen LogP contribution in [0.25, 0.3) is 10.6 Å². The number of hydrogen-bond acceptors (Lipinski definition) is 8. The van der Waals surface area contributed by atoms with Gasteiger partial charge in [0.1, 0.15) is 10.8 Å². The molecule has 1 aliphatic rings. The minimum Gasteiger partial charge on any atom is -0.479 e. The highest BCUT2D eigenvalue weighted by atomic mass is 32.2. The molecule has 0 amide bonds. The Kier molecular flexibility index (Phi) is 9.92. The summed E-state index contributed by atoms with van der Waals surface area (Å²) in [5.74, 6) is 0.904. The zero-order valence-electron chi connectivity index (χ0n) is 22.1. The topological polar surface area (TPSA) is 63.7 Å². The Labute approximate surface area is 234 Å². The van der Waals surface area contributed by atoms with Gasteiger partial charge in [-0.25, -0.2) is 9.78 Å². The highest BCUT2D eigenvalue weighted by Gasteiger charge is 2.30. The lowest BCUT2D eigenvalue weighted by molar-refractivity contribution is -0.150. The van der Waals surface area contributed by atoms with Crippen LogP contribution in [-0.4, -0.2) is 54.7 Å². The molecule has 1 atom stereocenters. The molecule has 1 aliphatic heterocycles. The number of carbonyl (C=O) groups is 1. The fourth-order valence-electron chi connectivity index (χ4n) is 4.12. The molecule has 210 valence electrons. The number of carbonyl (C=O) groups excluding carboxylic acids is 1. The van der Waals surface area contributed by atoms with Gasteiger partial charge < -0.3 is 14.8 Å². The standard InChI is InChI=1S/C28H32F3N3O3S2/c1-4-36-27(35)19(3)37-24-10-9-22(15-18(24)2)38-17-25-23(16-34-13-11-32-12-14-34)33-26(39-25)20-5-7-21(8-6-20)28(29,30)31/h5-10,15,19,32H,4,11-14,16-17H2,1-3H3. The van der Waals surface area contributed by atoms with Crippen LogP contribution in [0.3, 0.4) is 0 Å². The number of halogens is 3. The Hall–Kier alpha value is -2.60. The van der Waals surface area contributed by atoms with Crippen LogP contribution in [-0.2, 0) is 28.0 Å². The number of aromatic nitrogens is 1. The number of piperazine rings is 1. The van der Waals surface area contributed by atoms with Crippen LogP contribution in [0, 0.1) is 6.92 Å². The lowest BCUT2D eigenvalue weighted by Crippen LogP contribution is -2.43. The first-order chi connectivity index (χ1) is 18.6. The molecule has 1 saturated heterocycles. The van der Waals surface area contributed by atoms with Crippen molar-refractivity contribution in [3.8, 4) is 16.3 Å². The predicted molar refractivity (Wildman–Crippen MR) is 148 cm³/mol. The van der Waals surface area contributed by atoms with E-state index >= 15 is 0 Å². The van der Waals surface area contributed by atoms with E-state index in [-0.39, 0.29) is 0 Å². The second kappa shape index (κ2) is 13.2. The SMILES string of the molecule is CCOC(=O)C(C)Oc1ccc(SCc2sc(-c3ccc(C(F)(F)F)cc3)nc2CN2CCNCC2)cc1C. The van der Waals surface area contributed by atoms with Crippen molar-refractivity contribution in [2.24, 2.45) is 0 Å². The lowest BCUT2D eigenvalue weighted by atomic mass is 10.1. The number of aryl methyl sites for hydroxylation is 1. The fraction of sp³-hybridized carbons (Fsp3) is 0.429. The van der Waals surface area contributed by atoms with E-state index in [1.54, 1.807) is 25.6 Å². The molecular formula is C28H32F3N3O3S2. The van der Waals surface area contributed by atoms with Gasteiger partial charge in [0.15, 0.2) is 6.10 Å². The summed E-state index contributed by atoms with van der Waals surface area (Å²) in [6, 6.07) is 11.0. The molecule has 2 aromatic carbocycles. The van der Waals surface area contributed by atoms with Crippen LogP contribution < -0.4 is 10.1 Å². The second-order valence-electron chi connectivity index (χ2n) is 9.22. The van der Waals surface area contributed by atoms with Gasteiger partial charge >= 0.3 is 12.1 Å². The maximum atomic E-state index is 13.0. The van der Waals surface area contributed by atoms with Crippen LogP contribution >= 0.6 is 23.1 Å². The van der Waals surface area contributed by atoms with Crippen molar-refractivity contribution in [1.29, 1.82) is 0 Å². The number of esters is 1. The molecule has 1 N–H and O–H groups in total. The summed E-state index contributed by atoms with van der Waals surface area (Å²) in [5.41, 5.74) is 1.88. The average Bonchev–Trinajstić information content (AvgIpc) is 3.31. The van der Waals surface area contributed by atoms with Gasteiger partial charge in [0.05, 0.1) is 17.9 Å². The van der Waals surface area contributed by atoms with E-state index in [1.165, 1.54) is 23.5 Å². The van der Waals surface area contributed by atoms with E-state index in [0.717, 1.165) is 64.3 Å². The molecular weight excluding hydrogens is 547 g/mol. The van der Waals surface area contributed by atoms with E-state index in [0.29, 0.717) is 30.2 Å². The Morgan fingerprint density at radius 3 is 2.54 bits per heavy atom. The molecule has 1 fully saturated rings. The smallest absolute Gasteiger partial charge is 0.416 e. The molecule has 0 spiro atoms. The van der Waals surface area contributed by atoms with Crippen LogP contribution in [0.15, 0.2) is 47.4 Å². The minimum atomic E-state index is -4.37. The van der Waals surface area contributed by atoms with Gasteiger partial charge in [0.2, 0.25) is 0 Å². The van der Waals surface area contributed by atoms with Crippen molar-refractivity contribution in [3.63, 3.8) is 0 Å². The highest BCUT2D eigenvalue weighted by molar-refractivity contribution is 7.98. The zero-order chi connectivity index (χ0) is 28.0. The molecule has 2 heterocycles. The van der Waals surface area contributed by atoms with Crippen LogP contribution in [0.2, 0.25) is 0 Å². The van der Waals surface area contributed by atoms with Crippen molar-refractivity contribution in [1.82, 2.24) is 15.2 Å². The number of thioether (sulfide) groups is 1. The third kappa shape index (κ3) is 7.97. The molecule has 3 aromatic rings. The molecule has 0 radical (unpaired) electrons. The van der Waals surface area contributed by atoms with Crippen molar-refractivity contribution in [2.75, 3.05) is 32.8 Å². The number of hydrogen-bond donors (Lipinski definition) is 1. The molecule has 0 aliphatic carbocycles. The summed E-state index contributed by atoms with van der Waals surface area (Å²) >= 11 is 3.19. The lowest BCUT2D eigenvalue weighted by Gasteiger charge is -2.26. The first-order valence-electron chi connectivity index (χ1n) is 12.8. The summed E-state index contributed by atoms with van der Waals surface area (Å²) in [5, 5.41) is 4.07. The molecule has 6 nitrogen and oxygen atoms in total. The molecule has 1 aromatic heterocycles. The van der Waals surface area contributed by atoms with E-state index in [4.69, 9.17) is 14.5 Å². The minimum absolute atomic E-state index is 0.301. The van der Waals surface area contributed by atoms with E-state index in [1.807, 2.05) is 25.1 Å². The normalized spacial score (nSPS) is 15.2. The third-order valence-electron chi connectivity index (χ3n) is 6.26. The van der Waals surface area contributed by atoms with Gasteiger partial charge in [0, 0.05) is 53.8 Å². The van der Waals surface area contributed by atoms with Crippen LogP contribution in [0.5, 0.6) is 5.75 Å². The summed E-state index contributed by atoms with van der Waals surface area (Å²) in [6.45, 7) is 10.0. The third-order valence-corrected chi connectivity index (χ3v) is 8.61. The Bertz CT molecular complexity index is 1260. The maximum absolute atomic E-state index is 13.0.